The number of hydrogen-bond acceptors (Lipinski definition) is 5. The van der Waals surface area contributed by atoms with Crippen molar-refractivity contribution in [2.24, 2.45) is 7.05 Å². The molecule has 0 N–H and O–H groups in total. The summed E-state index contributed by atoms with van der Waals surface area (Å²) in [5.74, 6) is 1.33. The third kappa shape index (κ3) is 9.33. The van der Waals surface area contributed by atoms with Gasteiger partial charge >= 0.3 is 0 Å². The minimum atomic E-state index is -0.158. The lowest BCUT2D eigenvalue weighted by atomic mass is 9.88. The van der Waals surface area contributed by atoms with Gasteiger partial charge in [0.25, 0.3) is 16.7 Å². The maximum atomic E-state index is 12.3. The van der Waals surface area contributed by atoms with Crippen LogP contribution >= 0.6 is 0 Å². The molecule has 0 radical (unpaired) electrons. The second-order valence-corrected chi connectivity index (χ2v) is 14.2. The minimum absolute atomic E-state index is 0.00120. The third-order valence-electron chi connectivity index (χ3n) is 7.15. The van der Waals surface area contributed by atoms with Crippen LogP contribution in [0.3, 0.4) is 0 Å². The first-order chi connectivity index (χ1) is 21.4. The summed E-state index contributed by atoms with van der Waals surface area (Å²) in [6.45, 7) is 18.6. The molecular weight excluding hydrogens is 574 g/mol. The molecule has 0 aliphatic rings. The number of nitrogens with zero attached hydrogens (tertiary/aromatic N) is 5. The van der Waals surface area contributed by atoms with Gasteiger partial charge < -0.3 is 4.57 Å². The zero-order valence-corrected chi connectivity index (χ0v) is 28.8. The highest BCUT2D eigenvalue weighted by Crippen LogP contribution is 2.21. The second-order valence-electron chi connectivity index (χ2n) is 14.2. The molecule has 8 nitrogen and oxygen atoms in total. The second kappa shape index (κ2) is 14.5. The van der Waals surface area contributed by atoms with Crippen LogP contribution in [0, 0.1) is 0 Å². The number of aromatic nitrogens is 5. The van der Waals surface area contributed by atoms with Crippen molar-refractivity contribution in [2.45, 2.75) is 78.6 Å². The van der Waals surface area contributed by atoms with Crippen molar-refractivity contribution in [1.82, 2.24) is 23.7 Å². The number of aryl methyl sites for hydroxylation is 1. The predicted molar refractivity (Wildman–Crippen MR) is 187 cm³/mol. The first kappa shape index (κ1) is 35.6. The minimum Gasteiger partial charge on any atom is -0.318 e. The molecule has 5 rings (SSSR count). The molecule has 0 saturated heterocycles. The summed E-state index contributed by atoms with van der Waals surface area (Å²) in [5, 5.41) is 0. The van der Waals surface area contributed by atoms with Crippen LogP contribution in [0.2, 0.25) is 0 Å². The van der Waals surface area contributed by atoms with Crippen molar-refractivity contribution in [3.05, 3.63) is 152 Å². The third-order valence-corrected chi connectivity index (χ3v) is 7.15. The average molecular weight is 622 g/mol. The molecule has 46 heavy (non-hydrogen) atoms. The van der Waals surface area contributed by atoms with Crippen molar-refractivity contribution in [1.29, 1.82) is 0 Å². The van der Waals surface area contributed by atoms with Crippen LogP contribution in [-0.4, -0.2) is 23.7 Å². The molecule has 5 heterocycles. The molecule has 0 bridgehead atoms. The van der Waals surface area contributed by atoms with Gasteiger partial charge in [0, 0.05) is 60.1 Å². The van der Waals surface area contributed by atoms with Crippen LogP contribution in [0.4, 0.5) is 0 Å². The van der Waals surface area contributed by atoms with Crippen molar-refractivity contribution in [3.63, 3.8) is 0 Å². The first-order valence-corrected chi connectivity index (χ1v) is 15.4. The highest BCUT2D eigenvalue weighted by atomic mass is 16.1. The molecule has 0 fully saturated rings. The summed E-state index contributed by atoms with van der Waals surface area (Å²) in [5.41, 5.74) is 2.44. The molecule has 0 aromatic carbocycles. The molecule has 0 amide bonds. The van der Waals surface area contributed by atoms with Gasteiger partial charge in [0.05, 0.1) is 0 Å². The van der Waals surface area contributed by atoms with E-state index in [0.717, 1.165) is 16.8 Å². The van der Waals surface area contributed by atoms with Gasteiger partial charge in [-0.25, -0.2) is 9.97 Å². The van der Waals surface area contributed by atoms with Crippen molar-refractivity contribution in [3.8, 4) is 11.6 Å². The fourth-order valence-corrected chi connectivity index (χ4v) is 4.50. The summed E-state index contributed by atoms with van der Waals surface area (Å²) in [4.78, 5) is 44.4. The van der Waals surface area contributed by atoms with Gasteiger partial charge in [-0.1, -0.05) is 92.6 Å². The van der Waals surface area contributed by atoms with E-state index in [-0.39, 0.29) is 32.9 Å². The predicted octanol–water partition coefficient (Wildman–Crippen LogP) is 6.74. The smallest absolute Gasteiger partial charge is 0.259 e. The first-order valence-electron chi connectivity index (χ1n) is 15.4. The average Bonchev–Trinajstić information content (AvgIpc) is 2.98. The Bertz CT molecular complexity index is 1920. The van der Waals surface area contributed by atoms with Gasteiger partial charge in [0.15, 0.2) is 0 Å². The summed E-state index contributed by atoms with van der Waals surface area (Å²) < 4.78 is 4.75. The maximum Gasteiger partial charge on any atom is 0.259 e. The number of rotatable bonds is 2. The van der Waals surface area contributed by atoms with E-state index < -0.39 is 0 Å². The molecule has 5 aromatic heterocycles. The zero-order valence-electron chi connectivity index (χ0n) is 28.8. The Hall–Kier alpha value is -4.85. The Kier molecular flexibility index (Phi) is 11.2. The summed E-state index contributed by atoms with van der Waals surface area (Å²) >= 11 is 0. The van der Waals surface area contributed by atoms with Crippen molar-refractivity contribution in [2.75, 3.05) is 0 Å². The summed E-state index contributed by atoms with van der Waals surface area (Å²) in [6, 6.07) is 23.9. The van der Waals surface area contributed by atoms with Gasteiger partial charge in [-0.15, -0.1) is 0 Å². The van der Waals surface area contributed by atoms with Crippen LogP contribution in [-0.2, 0) is 23.3 Å². The van der Waals surface area contributed by atoms with E-state index in [9.17, 15) is 14.4 Å². The van der Waals surface area contributed by atoms with Gasteiger partial charge in [-0.05, 0) is 53.3 Å². The Morgan fingerprint density at radius 3 is 1.63 bits per heavy atom. The van der Waals surface area contributed by atoms with Crippen LogP contribution in [0.1, 0.15) is 79.1 Å². The molecule has 0 spiro atoms. The Morgan fingerprint density at radius 2 is 1.09 bits per heavy atom. The van der Waals surface area contributed by atoms with E-state index in [0.29, 0.717) is 11.6 Å². The lowest BCUT2D eigenvalue weighted by molar-refractivity contribution is 0.567. The molecule has 0 saturated carbocycles. The lowest BCUT2D eigenvalue weighted by Gasteiger charge is -2.18. The lowest BCUT2D eigenvalue weighted by Crippen LogP contribution is -2.29. The normalized spacial score (nSPS) is 11.5. The zero-order chi connectivity index (χ0) is 34.3. The van der Waals surface area contributed by atoms with E-state index in [1.54, 1.807) is 51.6 Å². The van der Waals surface area contributed by atoms with Crippen LogP contribution in [0.25, 0.3) is 11.6 Å². The van der Waals surface area contributed by atoms with Crippen LogP contribution in [0.15, 0.2) is 118 Å². The van der Waals surface area contributed by atoms with Crippen molar-refractivity contribution >= 4 is 0 Å². The molecule has 0 aliphatic carbocycles. The highest BCUT2D eigenvalue weighted by Gasteiger charge is 2.19. The Morgan fingerprint density at radius 1 is 0.522 bits per heavy atom. The molecule has 0 aliphatic heterocycles. The molecule has 242 valence electrons. The van der Waals surface area contributed by atoms with E-state index >= 15 is 0 Å². The largest absolute Gasteiger partial charge is 0.318 e. The van der Waals surface area contributed by atoms with Gasteiger partial charge in [0.2, 0.25) is 0 Å². The van der Waals surface area contributed by atoms with Gasteiger partial charge in [0.1, 0.15) is 11.6 Å². The topological polar surface area (TPSA) is 91.8 Å². The standard InChI is InChI=1S/2C14H16N2O.C10H15NO/c1-14(2,3)11-7-6-8-12(15-11)16-10-5-4-9-13(16)17;1-14(2,3)11-7-6-10-16(13(11)17)12-8-4-5-9-15-12;1-10(2,3)8-6-5-7-11(4)9(8)12/h2*4-10H,1-3H3;5-7H,1-4H3. The van der Waals surface area contributed by atoms with Crippen LogP contribution < -0.4 is 16.7 Å². The highest BCUT2D eigenvalue weighted by molar-refractivity contribution is 5.29. The van der Waals surface area contributed by atoms with Crippen LogP contribution in [0.5, 0.6) is 0 Å². The quantitative estimate of drug-likeness (QED) is 0.218. The summed E-state index contributed by atoms with van der Waals surface area (Å²) in [6.07, 6.45) is 6.94. The Balaban J connectivity index is 0.000000191. The van der Waals surface area contributed by atoms with E-state index in [4.69, 9.17) is 0 Å². The SMILES string of the molecule is CC(C)(C)c1cccc(-n2ccccc2=O)n1.CC(C)(C)c1cccn(-c2ccccn2)c1=O.Cn1cccc(C(C)(C)C)c1=O. The molecule has 5 aromatic rings. The van der Waals surface area contributed by atoms with E-state index in [1.807, 2.05) is 108 Å². The fraction of sp³-hybridized carbons (Fsp3) is 0.342. The van der Waals surface area contributed by atoms with E-state index in [1.165, 1.54) is 6.07 Å². The van der Waals surface area contributed by atoms with Gasteiger partial charge in [-0.3, -0.25) is 23.5 Å². The molecular formula is C38H47N5O3. The maximum absolute atomic E-state index is 12.3. The van der Waals surface area contributed by atoms with E-state index in [2.05, 4.69) is 30.7 Å². The monoisotopic (exact) mass is 621 g/mol. The molecule has 0 atom stereocenters. The fourth-order valence-electron chi connectivity index (χ4n) is 4.50. The number of hydrogen-bond donors (Lipinski definition) is 0. The molecule has 8 heteroatoms. The van der Waals surface area contributed by atoms with Gasteiger partial charge in [-0.2, -0.15) is 0 Å². The van der Waals surface area contributed by atoms with Crippen molar-refractivity contribution < 1.29 is 0 Å². The molecule has 0 unspecified atom stereocenters. The summed E-state index contributed by atoms with van der Waals surface area (Å²) in [7, 11) is 1.78. The number of pyridine rings is 5. The Labute approximate surface area is 272 Å².